The van der Waals surface area contributed by atoms with Crippen LogP contribution in [0, 0.1) is 0 Å². The van der Waals surface area contributed by atoms with E-state index in [0.29, 0.717) is 11.6 Å². The van der Waals surface area contributed by atoms with Gasteiger partial charge in [-0.15, -0.1) is 0 Å². The normalized spacial score (nSPS) is 12.0. The molecule has 4 aromatic rings. The number of H-pyrrole nitrogens is 1. The first kappa shape index (κ1) is 19.9. The van der Waals surface area contributed by atoms with E-state index in [9.17, 15) is 13.2 Å². The lowest BCUT2D eigenvalue weighted by Gasteiger charge is -2.19. The zero-order chi connectivity index (χ0) is 21.5. The number of hydrogen-bond donors (Lipinski definition) is 1. The van der Waals surface area contributed by atoms with Crippen molar-refractivity contribution in [3.05, 3.63) is 66.4 Å². The maximum absolute atomic E-state index is 12.7. The summed E-state index contributed by atoms with van der Waals surface area (Å²) in [6.45, 7) is 4.20. The van der Waals surface area contributed by atoms with Crippen LogP contribution in [0.25, 0.3) is 33.4 Å². The molecular weight excluding hydrogens is 389 g/mol. The van der Waals surface area contributed by atoms with Crippen LogP contribution in [-0.4, -0.2) is 28.0 Å². The van der Waals surface area contributed by atoms with E-state index >= 15 is 0 Å². The average Bonchev–Trinajstić information content (AvgIpc) is 3.16. The fourth-order valence-corrected chi connectivity index (χ4v) is 3.15. The van der Waals surface area contributed by atoms with Gasteiger partial charge in [0.15, 0.2) is 0 Å². The molecule has 4 nitrogen and oxygen atoms in total. The van der Waals surface area contributed by atoms with Crippen molar-refractivity contribution in [3.8, 4) is 22.4 Å². The zero-order valence-electron chi connectivity index (χ0n) is 16.8. The number of rotatable bonds is 4. The molecule has 154 valence electrons. The Balaban J connectivity index is 1.60. The van der Waals surface area contributed by atoms with Crippen molar-refractivity contribution in [3.63, 3.8) is 0 Å². The summed E-state index contributed by atoms with van der Waals surface area (Å²) in [5.41, 5.74) is 4.30. The highest BCUT2D eigenvalue weighted by molar-refractivity contribution is 5.83. The third-order valence-electron chi connectivity index (χ3n) is 5.18. The SMILES string of the molecule is CC(C)N(C)c1nc2ccc(-c3ccc(-c4ccc(C(F)(F)F)cc4)cn3)cc2[nH]1. The molecule has 0 spiro atoms. The van der Waals surface area contributed by atoms with Crippen molar-refractivity contribution < 1.29 is 13.2 Å². The van der Waals surface area contributed by atoms with E-state index in [1.54, 1.807) is 6.20 Å². The molecular formula is C23H21F3N4. The molecule has 0 saturated heterocycles. The van der Waals surface area contributed by atoms with Crippen LogP contribution in [0.1, 0.15) is 19.4 Å². The van der Waals surface area contributed by atoms with E-state index in [2.05, 4.69) is 33.7 Å². The minimum atomic E-state index is -4.34. The van der Waals surface area contributed by atoms with Gasteiger partial charge in [-0.1, -0.05) is 24.3 Å². The van der Waals surface area contributed by atoms with Crippen molar-refractivity contribution >= 4 is 17.0 Å². The first-order chi connectivity index (χ1) is 14.2. The number of fused-ring (bicyclic) bond motifs is 1. The van der Waals surface area contributed by atoms with Crippen LogP contribution < -0.4 is 4.90 Å². The van der Waals surface area contributed by atoms with Crippen LogP contribution in [0.3, 0.4) is 0 Å². The molecule has 0 saturated carbocycles. The quantitative estimate of drug-likeness (QED) is 0.439. The van der Waals surface area contributed by atoms with Crippen LogP contribution in [-0.2, 0) is 6.18 Å². The monoisotopic (exact) mass is 410 g/mol. The lowest BCUT2D eigenvalue weighted by Crippen LogP contribution is -2.26. The molecule has 0 atom stereocenters. The maximum atomic E-state index is 12.7. The summed E-state index contributed by atoms with van der Waals surface area (Å²) in [6.07, 6.45) is -2.66. The number of hydrogen-bond acceptors (Lipinski definition) is 3. The van der Waals surface area contributed by atoms with Crippen molar-refractivity contribution in [2.75, 3.05) is 11.9 Å². The Labute approximate surface area is 172 Å². The molecule has 2 aromatic heterocycles. The second-order valence-corrected chi connectivity index (χ2v) is 7.50. The number of alkyl halides is 3. The first-order valence-corrected chi connectivity index (χ1v) is 9.59. The fourth-order valence-electron chi connectivity index (χ4n) is 3.15. The van der Waals surface area contributed by atoms with Gasteiger partial charge in [0, 0.05) is 30.4 Å². The van der Waals surface area contributed by atoms with Gasteiger partial charge in [0.05, 0.1) is 22.3 Å². The molecule has 0 aliphatic rings. The Morgan fingerprint density at radius 2 is 1.57 bits per heavy atom. The van der Waals surface area contributed by atoms with Gasteiger partial charge in [0.2, 0.25) is 5.95 Å². The number of nitrogens with zero attached hydrogens (tertiary/aromatic N) is 3. The Kier molecular flexibility index (Phi) is 4.97. The number of imidazole rings is 1. The van der Waals surface area contributed by atoms with E-state index in [1.807, 2.05) is 37.4 Å². The maximum Gasteiger partial charge on any atom is 0.416 e. The number of nitrogens with one attached hydrogen (secondary N) is 1. The molecule has 0 aliphatic heterocycles. The van der Waals surface area contributed by atoms with Gasteiger partial charge in [-0.05, 0) is 49.7 Å². The number of benzene rings is 2. The zero-order valence-corrected chi connectivity index (χ0v) is 16.8. The van der Waals surface area contributed by atoms with Gasteiger partial charge in [-0.25, -0.2) is 4.98 Å². The molecule has 0 bridgehead atoms. The predicted molar refractivity (Wildman–Crippen MR) is 113 cm³/mol. The molecule has 1 N–H and O–H groups in total. The fraction of sp³-hybridized carbons (Fsp3) is 0.217. The van der Waals surface area contributed by atoms with Gasteiger partial charge >= 0.3 is 6.18 Å². The molecule has 7 heteroatoms. The summed E-state index contributed by atoms with van der Waals surface area (Å²) < 4.78 is 38.2. The summed E-state index contributed by atoms with van der Waals surface area (Å²) in [6, 6.07) is 15.1. The standard InChI is InChI=1S/C23H21F3N4/c1-14(2)30(3)22-28-20-11-6-16(12-21(20)29-22)19-10-7-17(13-27-19)15-4-8-18(9-5-15)23(24,25)26/h4-14H,1-3H3,(H,28,29). The number of pyridine rings is 1. The van der Waals surface area contributed by atoms with Crippen molar-refractivity contribution in [1.82, 2.24) is 15.0 Å². The van der Waals surface area contributed by atoms with Crippen LogP contribution in [0.4, 0.5) is 19.1 Å². The van der Waals surface area contributed by atoms with Crippen LogP contribution in [0.2, 0.25) is 0 Å². The molecule has 2 heterocycles. The van der Waals surface area contributed by atoms with Crippen LogP contribution in [0.5, 0.6) is 0 Å². The molecule has 0 amide bonds. The Morgan fingerprint density at radius 3 is 2.17 bits per heavy atom. The van der Waals surface area contributed by atoms with Crippen LogP contribution >= 0.6 is 0 Å². The highest BCUT2D eigenvalue weighted by atomic mass is 19.4. The van der Waals surface area contributed by atoms with E-state index in [0.717, 1.165) is 45.9 Å². The van der Waals surface area contributed by atoms with Crippen molar-refractivity contribution in [1.29, 1.82) is 0 Å². The second kappa shape index (κ2) is 7.48. The smallest absolute Gasteiger partial charge is 0.343 e. The molecule has 0 aliphatic carbocycles. The summed E-state index contributed by atoms with van der Waals surface area (Å²) in [7, 11) is 1.99. The summed E-state index contributed by atoms with van der Waals surface area (Å²) in [5, 5.41) is 0. The van der Waals surface area contributed by atoms with Crippen molar-refractivity contribution in [2.24, 2.45) is 0 Å². The largest absolute Gasteiger partial charge is 0.416 e. The molecule has 30 heavy (non-hydrogen) atoms. The number of halogens is 3. The predicted octanol–water partition coefficient (Wildman–Crippen LogP) is 6.16. The van der Waals surface area contributed by atoms with Gasteiger partial charge in [-0.2, -0.15) is 13.2 Å². The second-order valence-electron chi connectivity index (χ2n) is 7.50. The summed E-state index contributed by atoms with van der Waals surface area (Å²) in [4.78, 5) is 14.5. The Morgan fingerprint density at radius 1 is 0.900 bits per heavy atom. The van der Waals surface area contributed by atoms with Gasteiger partial charge in [-0.3, -0.25) is 4.98 Å². The number of aromatic amines is 1. The third kappa shape index (κ3) is 3.87. The lowest BCUT2D eigenvalue weighted by atomic mass is 10.0. The highest BCUT2D eigenvalue weighted by Crippen LogP contribution is 2.31. The first-order valence-electron chi connectivity index (χ1n) is 9.59. The van der Waals surface area contributed by atoms with E-state index in [1.165, 1.54) is 12.1 Å². The number of aromatic nitrogens is 3. The minimum Gasteiger partial charge on any atom is -0.343 e. The lowest BCUT2D eigenvalue weighted by molar-refractivity contribution is -0.137. The summed E-state index contributed by atoms with van der Waals surface area (Å²) in [5.74, 6) is 0.808. The van der Waals surface area contributed by atoms with Crippen molar-refractivity contribution in [2.45, 2.75) is 26.1 Å². The van der Waals surface area contributed by atoms with Gasteiger partial charge in [0.25, 0.3) is 0 Å². The average molecular weight is 410 g/mol. The van der Waals surface area contributed by atoms with Gasteiger partial charge < -0.3 is 9.88 Å². The molecule has 0 unspecified atom stereocenters. The molecule has 0 radical (unpaired) electrons. The topological polar surface area (TPSA) is 44.8 Å². The molecule has 2 aromatic carbocycles. The van der Waals surface area contributed by atoms with Crippen LogP contribution in [0.15, 0.2) is 60.8 Å². The Bertz CT molecular complexity index is 1160. The van der Waals surface area contributed by atoms with E-state index in [4.69, 9.17) is 0 Å². The molecule has 0 fully saturated rings. The van der Waals surface area contributed by atoms with E-state index in [-0.39, 0.29) is 0 Å². The number of anilines is 1. The minimum absolute atomic E-state index is 0.324. The van der Waals surface area contributed by atoms with E-state index < -0.39 is 11.7 Å². The highest BCUT2D eigenvalue weighted by Gasteiger charge is 2.29. The van der Waals surface area contributed by atoms with Gasteiger partial charge in [0.1, 0.15) is 0 Å². The summed E-state index contributed by atoms with van der Waals surface area (Å²) >= 11 is 0. The third-order valence-corrected chi connectivity index (χ3v) is 5.18. The Hall–Kier alpha value is -3.35. The molecule has 4 rings (SSSR count).